The molecule has 2 N–H and O–H groups in total. The molecule has 2 saturated carbocycles. The highest BCUT2D eigenvalue weighted by Gasteiger charge is 2.38. The minimum absolute atomic E-state index is 0.0624. The fourth-order valence-corrected chi connectivity index (χ4v) is 3.95. The van der Waals surface area contributed by atoms with Crippen molar-refractivity contribution in [2.45, 2.75) is 37.8 Å². The fraction of sp³-hybridized carbons (Fsp3) is 0.450. The largest absolute Gasteiger partial charge is 0.480 e. The number of nitrogens with zero attached hydrogens (tertiary/aromatic N) is 2. The lowest BCUT2D eigenvalue weighted by Crippen LogP contribution is -2.55. The fourth-order valence-electron chi connectivity index (χ4n) is 3.74. The maximum Gasteiger partial charge on any atom is 0.317 e. The van der Waals surface area contributed by atoms with E-state index < -0.39 is 5.97 Å². The molecule has 4 rings (SSSR count). The second kappa shape index (κ2) is 7.44. The predicted octanol–water partition coefficient (Wildman–Crippen LogP) is 2.95. The van der Waals surface area contributed by atoms with Gasteiger partial charge in [-0.1, -0.05) is 11.6 Å². The van der Waals surface area contributed by atoms with Crippen molar-refractivity contribution in [3.8, 4) is 0 Å². The Morgan fingerprint density at radius 3 is 2.74 bits per heavy atom. The molecule has 2 aliphatic carbocycles. The summed E-state index contributed by atoms with van der Waals surface area (Å²) >= 11 is 6.19. The quantitative estimate of drug-likeness (QED) is 0.763. The number of benzene rings is 1. The van der Waals surface area contributed by atoms with E-state index in [1.165, 1.54) is 12.8 Å². The van der Waals surface area contributed by atoms with Gasteiger partial charge < -0.3 is 10.4 Å². The third-order valence-electron chi connectivity index (χ3n) is 5.45. The lowest BCUT2D eigenvalue weighted by atomic mass is 9.85. The number of amides is 1. The number of carboxylic acids is 1. The van der Waals surface area contributed by atoms with Crippen LogP contribution in [0, 0.1) is 5.92 Å². The van der Waals surface area contributed by atoms with Gasteiger partial charge in [-0.15, -0.1) is 0 Å². The van der Waals surface area contributed by atoms with Crippen LogP contribution < -0.4 is 5.32 Å². The number of carboxylic acid groups (broad SMARTS) is 1. The van der Waals surface area contributed by atoms with Gasteiger partial charge in [-0.2, -0.15) is 0 Å². The highest BCUT2D eigenvalue weighted by atomic mass is 35.5. The molecule has 2 aromatic rings. The third-order valence-corrected chi connectivity index (χ3v) is 5.78. The van der Waals surface area contributed by atoms with E-state index in [1.54, 1.807) is 24.4 Å². The van der Waals surface area contributed by atoms with Crippen LogP contribution in [0.25, 0.3) is 10.9 Å². The molecule has 1 aromatic heterocycles. The third kappa shape index (κ3) is 4.06. The Hall–Kier alpha value is -2.18. The van der Waals surface area contributed by atoms with Crippen LogP contribution in [0.3, 0.4) is 0 Å². The summed E-state index contributed by atoms with van der Waals surface area (Å²) in [6, 6.07) is 7.35. The lowest BCUT2D eigenvalue weighted by molar-refractivity contribution is -0.139. The van der Waals surface area contributed by atoms with E-state index >= 15 is 0 Å². The standard InChI is InChI=1S/C20H22ClN3O3/c21-17-6-5-16(19-15(17)2-1-7-22-19)20(27)23-13-8-14(9-13)24(11-18(25)26)10-12-3-4-12/h1-2,5-7,12-14H,3-4,8-11H2,(H,23,27)(H,25,26). The van der Waals surface area contributed by atoms with Crippen LogP contribution in [0.5, 0.6) is 0 Å². The topological polar surface area (TPSA) is 82.5 Å². The van der Waals surface area contributed by atoms with Crippen molar-refractivity contribution < 1.29 is 14.7 Å². The van der Waals surface area contributed by atoms with E-state index in [4.69, 9.17) is 16.7 Å². The highest BCUT2D eigenvalue weighted by molar-refractivity contribution is 6.36. The minimum Gasteiger partial charge on any atom is -0.480 e. The van der Waals surface area contributed by atoms with E-state index in [9.17, 15) is 9.59 Å². The summed E-state index contributed by atoms with van der Waals surface area (Å²) in [6.45, 7) is 0.928. The minimum atomic E-state index is -0.790. The molecule has 0 saturated heterocycles. The number of aromatic nitrogens is 1. The molecule has 0 spiro atoms. The van der Waals surface area contributed by atoms with Gasteiger partial charge in [0.15, 0.2) is 0 Å². The van der Waals surface area contributed by atoms with E-state index in [-0.39, 0.29) is 24.5 Å². The molecule has 0 unspecified atom stereocenters. The Morgan fingerprint density at radius 1 is 1.26 bits per heavy atom. The Morgan fingerprint density at radius 2 is 2.04 bits per heavy atom. The summed E-state index contributed by atoms with van der Waals surface area (Å²) in [6.07, 6.45) is 5.60. The van der Waals surface area contributed by atoms with E-state index in [2.05, 4.69) is 15.2 Å². The van der Waals surface area contributed by atoms with Crippen molar-refractivity contribution in [3.63, 3.8) is 0 Å². The first-order valence-electron chi connectivity index (χ1n) is 9.31. The summed E-state index contributed by atoms with van der Waals surface area (Å²) in [5, 5.41) is 13.5. The Kier molecular flexibility index (Phi) is 5.02. The number of nitrogens with one attached hydrogen (secondary N) is 1. The summed E-state index contributed by atoms with van der Waals surface area (Å²) in [5.74, 6) is -0.308. The molecule has 1 heterocycles. The number of carbonyl (C=O) groups is 2. The zero-order valence-corrected chi connectivity index (χ0v) is 15.7. The molecule has 27 heavy (non-hydrogen) atoms. The molecule has 6 nitrogen and oxygen atoms in total. The van der Waals surface area contributed by atoms with Crippen molar-refractivity contribution >= 4 is 34.4 Å². The summed E-state index contributed by atoms with van der Waals surface area (Å²) in [5.41, 5.74) is 1.11. The number of rotatable bonds is 7. The average molecular weight is 388 g/mol. The molecule has 0 radical (unpaired) electrons. The smallest absolute Gasteiger partial charge is 0.317 e. The summed E-state index contributed by atoms with van der Waals surface area (Å²) < 4.78 is 0. The van der Waals surface area contributed by atoms with Gasteiger partial charge in [0.25, 0.3) is 5.91 Å². The van der Waals surface area contributed by atoms with Gasteiger partial charge in [-0.05, 0) is 55.9 Å². The van der Waals surface area contributed by atoms with Crippen LogP contribution in [-0.2, 0) is 4.79 Å². The average Bonchev–Trinajstić information content (AvgIpc) is 3.41. The van der Waals surface area contributed by atoms with Crippen LogP contribution in [0.2, 0.25) is 5.02 Å². The number of hydrogen-bond donors (Lipinski definition) is 2. The molecule has 1 amide bonds. The van der Waals surface area contributed by atoms with Gasteiger partial charge >= 0.3 is 5.97 Å². The van der Waals surface area contributed by atoms with Gasteiger partial charge in [0.2, 0.25) is 0 Å². The zero-order chi connectivity index (χ0) is 19.0. The maximum absolute atomic E-state index is 12.7. The molecule has 0 atom stereocenters. The number of fused-ring (bicyclic) bond motifs is 1. The number of hydrogen-bond acceptors (Lipinski definition) is 4. The molecule has 142 valence electrons. The Balaban J connectivity index is 1.39. The van der Waals surface area contributed by atoms with Crippen molar-refractivity contribution in [2.24, 2.45) is 5.92 Å². The number of pyridine rings is 1. The van der Waals surface area contributed by atoms with E-state index in [1.807, 2.05) is 6.07 Å². The van der Waals surface area contributed by atoms with Gasteiger partial charge in [-0.25, -0.2) is 0 Å². The van der Waals surface area contributed by atoms with Gasteiger partial charge in [-0.3, -0.25) is 19.5 Å². The van der Waals surface area contributed by atoms with Crippen LogP contribution >= 0.6 is 11.6 Å². The molecule has 2 fully saturated rings. The Labute approximate surface area is 162 Å². The molecule has 2 aliphatic rings. The highest BCUT2D eigenvalue weighted by Crippen LogP contribution is 2.34. The Bertz CT molecular complexity index is 878. The molecule has 0 aliphatic heterocycles. The van der Waals surface area contributed by atoms with E-state index in [0.717, 1.165) is 24.8 Å². The molecule has 7 heteroatoms. The maximum atomic E-state index is 12.7. The predicted molar refractivity (Wildman–Crippen MR) is 103 cm³/mol. The van der Waals surface area contributed by atoms with Crippen molar-refractivity contribution in [1.29, 1.82) is 0 Å². The van der Waals surface area contributed by atoms with Crippen molar-refractivity contribution in [1.82, 2.24) is 15.2 Å². The molecular formula is C20H22ClN3O3. The summed E-state index contributed by atoms with van der Waals surface area (Å²) in [7, 11) is 0. The SMILES string of the molecule is O=C(O)CN(CC1CC1)C1CC(NC(=O)c2ccc(Cl)c3cccnc23)C1. The van der Waals surface area contributed by atoms with Gasteiger partial charge in [0.05, 0.1) is 22.6 Å². The number of halogens is 1. The zero-order valence-electron chi connectivity index (χ0n) is 14.9. The molecule has 1 aromatic carbocycles. The molecular weight excluding hydrogens is 366 g/mol. The van der Waals surface area contributed by atoms with Gasteiger partial charge in [0, 0.05) is 30.2 Å². The van der Waals surface area contributed by atoms with Crippen LogP contribution in [0.4, 0.5) is 0 Å². The monoisotopic (exact) mass is 387 g/mol. The van der Waals surface area contributed by atoms with Crippen LogP contribution in [0.15, 0.2) is 30.5 Å². The van der Waals surface area contributed by atoms with Crippen LogP contribution in [-0.4, -0.2) is 52.0 Å². The second-order valence-electron chi connectivity index (χ2n) is 7.56. The molecule has 0 bridgehead atoms. The first-order chi connectivity index (χ1) is 13.0. The normalized spacial score (nSPS) is 21.9. The first-order valence-corrected chi connectivity index (χ1v) is 9.69. The number of aliphatic carboxylic acids is 1. The van der Waals surface area contributed by atoms with Crippen molar-refractivity contribution in [2.75, 3.05) is 13.1 Å². The van der Waals surface area contributed by atoms with Crippen molar-refractivity contribution in [3.05, 3.63) is 41.0 Å². The second-order valence-corrected chi connectivity index (χ2v) is 7.96. The summed E-state index contributed by atoms with van der Waals surface area (Å²) in [4.78, 5) is 30.2. The lowest BCUT2D eigenvalue weighted by Gasteiger charge is -2.42. The number of carbonyl (C=O) groups excluding carboxylic acids is 1. The van der Waals surface area contributed by atoms with E-state index in [0.29, 0.717) is 22.0 Å². The van der Waals surface area contributed by atoms with Gasteiger partial charge in [0.1, 0.15) is 0 Å². The first kappa shape index (κ1) is 18.2. The van der Waals surface area contributed by atoms with Crippen LogP contribution in [0.1, 0.15) is 36.0 Å².